The SMILES string of the molecule is Cc1cccc(C)c1NC(=O)COC(=O)c1ccc(Cl)c(S(=O)(=O)N2CCCC2)c1. The van der Waals surface area contributed by atoms with E-state index in [0.717, 1.165) is 24.0 Å². The summed E-state index contributed by atoms with van der Waals surface area (Å²) in [6.07, 6.45) is 1.57. The van der Waals surface area contributed by atoms with Crippen molar-refractivity contribution >= 4 is 39.2 Å². The van der Waals surface area contributed by atoms with Crippen LogP contribution < -0.4 is 5.32 Å². The molecule has 0 aliphatic carbocycles. The summed E-state index contributed by atoms with van der Waals surface area (Å²) in [7, 11) is -3.79. The first-order valence-corrected chi connectivity index (χ1v) is 11.3. The molecule has 1 aliphatic heterocycles. The smallest absolute Gasteiger partial charge is 0.338 e. The second-order valence-electron chi connectivity index (χ2n) is 7.15. The van der Waals surface area contributed by atoms with Gasteiger partial charge in [0.1, 0.15) is 4.90 Å². The zero-order chi connectivity index (χ0) is 21.9. The summed E-state index contributed by atoms with van der Waals surface area (Å²) in [5.41, 5.74) is 2.47. The number of nitrogens with zero attached hydrogens (tertiary/aromatic N) is 1. The maximum absolute atomic E-state index is 12.8. The highest BCUT2D eigenvalue weighted by atomic mass is 35.5. The quantitative estimate of drug-likeness (QED) is 0.679. The zero-order valence-corrected chi connectivity index (χ0v) is 18.3. The van der Waals surface area contributed by atoms with Crippen LogP contribution in [-0.2, 0) is 19.6 Å². The summed E-state index contributed by atoms with van der Waals surface area (Å²) in [4.78, 5) is 24.4. The van der Waals surface area contributed by atoms with Crippen molar-refractivity contribution in [2.24, 2.45) is 0 Å². The Labute approximate surface area is 181 Å². The van der Waals surface area contributed by atoms with Crippen LogP contribution in [0.1, 0.15) is 34.3 Å². The summed E-state index contributed by atoms with van der Waals surface area (Å²) in [6.45, 7) is 4.08. The number of sulfonamides is 1. The van der Waals surface area contributed by atoms with Gasteiger partial charge >= 0.3 is 5.97 Å². The third kappa shape index (κ3) is 4.83. The van der Waals surface area contributed by atoms with Crippen molar-refractivity contribution in [3.05, 3.63) is 58.1 Å². The molecule has 2 aromatic carbocycles. The van der Waals surface area contributed by atoms with Crippen LogP contribution in [0.25, 0.3) is 0 Å². The fourth-order valence-electron chi connectivity index (χ4n) is 3.30. The van der Waals surface area contributed by atoms with Crippen LogP contribution >= 0.6 is 11.6 Å². The van der Waals surface area contributed by atoms with Gasteiger partial charge in [0.25, 0.3) is 5.91 Å². The number of para-hydroxylation sites is 1. The largest absolute Gasteiger partial charge is 0.452 e. The number of nitrogens with one attached hydrogen (secondary N) is 1. The van der Waals surface area contributed by atoms with Gasteiger partial charge in [-0.3, -0.25) is 4.79 Å². The Morgan fingerprint density at radius 3 is 2.37 bits per heavy atom. The number of hydrogen-bond donors (Lipinski definition) is 1. The normalized spacial score (nSPS) is 14.5. The Hall–Kier alpha value is -2.42. The zero-order valence-electron chi connectivity index (χ0n) is 16.8. The number of hydrogen-bond acceptors (Lipinski definition) is 5. The minimum atomic E-state index is -3.79. The standard InChI is InChI=1S/C21H23ClN2O5S/c1-14-6-5-7-15(2)20(14)23-19(25)13-29-21(26)16-8-9-17(22)18(12-16)30(27,28)24-10-3-4-11-24/h5-9,12H,3-4,10-11,13H2,1-2H3,(H,23,25). The van der Waals surface area contributed by atoms with Crippen LogP contribution in [0, 0.1) is 13.8 Å². The van der Waals surface area contributed by atoms with Crippen molar-refractivity contribution in [2.75, 3.05) is 25.0 Å². The first-order valence-electron chi connectivity index (χ1n) is 9.53. The number of carbonyl (C=O) groups excluding carboxylic acids is 2. The summed E-state index contributed by atoms with van der Waals surface area (Å²) in [6, 6.07) is 9.53. The van der Waals surface area contributed by atoms with E-state index >= 15 is 0 Å². The lowest BCUT2D eigenvalue weighted by molar-refractivity contribution is -0.119. The maximum atomic E-state index is 12.8. The molecule has 0 saturated carbocycles. The van der Waals surface area contributed by atoms with Crippen LogP contribution in [-0.4, -0.2) is 44.3 Å². The van der Waals surface area contributed by atoms with Gasteiger partial charge in [-0.25, -0.2) is 13.2 Å². The molecule has 1 aliphatic rings. The molecule has 0 bridgehead atoms. The van der Waals surface area contributed by atoms with Crippen molar-refractivity contribution in [2.45, 2.75) is 31.6 Å². The minimum absolute atomic E-state index is 0.0112. The number of esters is 1. The van der Waals surface area contributed by atoms with Gasteiger partial charge in [0.15, 0.2) is 6.61 Å². The molecule has 1 amide bonds. The number of amides is 1. The lowest BCUT2D eigenvalue weighted by Crippen LogP contribution is -2.28. The topological polar surface area (TPSA) is 92.8 Å². The molecule has 30 heavy (non-hydrogen) atoms. The Kier molecular flexibility index (Phi) is 6.80. The van der Waals surface area contributed by atoms with Gasteiger partial charge in [0.05, 0.1) is 10.6 Å². The van der Waals surface area contributed by atoms with Gasteiger partial charge < -0.3 is 10.1 Å². The molecule has 9 heteroatoms. The highest BCUT2D eigenvalue weighted by Gasteiger charge is 2.30. The van der Waals surface area contributed by atoms with E-state index in [1.165, 1.54) is 22.5 Å². The van der Waals surface area contributed by atoms with E-state index in [1.54, 1.807) is 0 Å². The molecule has 3 rings (SSSR count). The van der Waals surface area contributed by atoms with Crippen LogP contribution in [0.4, 0.5) is 5.69 Å². The van der Waals surface area contributed by atoms with Crippen LogP contribution in [0.3, 0.4) is 0 Å². The van der Waals surface area contributed by atoms with Gasteiger partial charge in [-0.05, 0) is 56.0 Å². The first kappa shape index (κ1) is 22.3. The lowest BCUT2D eigenvalue weighted by atomic mass is 10.1. The fourth-order valence-corrected chi connectivity index (χ4v) is 5.31. The highest BCUT2D eigenvalue weighted by molar-refractivity contribution is 7.89. The lowest BCUT2D eigenvalue weighted by Gasteiger charge is -2.17. The van der Waals surface area contributed by atoms with E-state index < -0.39 is 28.5 Å². The molecule has 1 heterocycles. The Morgan fingerprint density at radius 2 is 1.73 bits per heavy atom. The number of rotatable bonds is 6. The number of anilines is 1. The molecule has 0 unspecified atom stereocenters. The molecular weight excluding hydrogens is 428 g/mol. The predicted octanol–water partition coefficient (Wildman–Crippen LogP) is 3.54. The molecule has 1 N–H and O–H groups in total. The van der Waals surface area contributed by atoms with Gasteiger partial charge in [-0.1, -0.05) is 29.8 Å². The summed E-state index contributed by atoms with van der Waals surface area (Å²) >= 11 is 6.09. The molecular formula is C21H23ClN2O5S. The third-order valence-corrected chi connectivity index (χ3v) is 7.31. The molecule has 0 aromatic heterocycles. The number of halogens is 1. The van der Waals surface area contributed by atoms with Crippen LogP contribution in [0.5, 0.6) is 0 Å². The second kappa shape index (κ2) is 9.16. The van der Waals surface area contributed by atoms with E-state index in [4.69, 9.17) is 16.3 Å². The molecule has 1 fully saturated rings. The predicted molar refractivity (Wildman–Crippen MR) is 114 cm³/mol. The molecule has 2 aromatic rings. The second-order valence-corrected chi connectivity index (χ2v) is 9.46. The maximum Gasteiger partial charge on any atom is 0.338 e. The minimum Gasteiger partial charge on any atom is -0.452 e. The van der Waals surface area contributed by atoms with Crippen molar-refractivity contribution in [1.29, 1.82) is 0 Å². The average molecular weight is 451 g/mol. The van der Waals surface area contributed by atoms with Crippen molar-refractivity contribution in [1.82, 2.24) is 4.31 Å². The highest BCUT2D eigenvalue weighted by Crippen LogP contribution is 2.28. The number of aryl methyl sites for hydroxylation is 2. The molecule has 1 saturated heterocycles. The number of ether oxygens (including phenoxy) is 1. The van der Waals surface area contributed by atoms with Crippen molar-refractivity contribution in [3.63, 3.8) is 0 Å². The molecule has 0 spiro atoms. The van der Waals surface area contributed by atoms with Gasteiger partial charge in [-0.2, -0.15) is 4.31 Å². The summed E-state index contributed by atoms with van der Waals surface area (Å²) < 4.78 is 32.0. The van der Waals surface area contributed by atoms with E-state index in [9.17, 15) is 18.0 Å². The third-order valence-electron chi connectivity index (χ3n) is 4.93. The van der Waals surface area contributed by atoms with Gasteiger partial charge in [-0.15, -0.1) is 0 Å². The van der Waals surface area contributed by atoms with E-state index in [0.29, 0.717) is 18.8 Å². The Balaban J connectivity index is 1.69. The number of carbonyl (C=O) groups is 2. The molecule has 0 radical (unpaired) electrons. The average Bonchev–Trinajstić information content (AvgIpc) is 3.25. The van der Waals surface area contributed by atoms with E-state index in [1.807, 2.05) is 32.0 Å². The van der Waals surface area contributed by atoms with Crippen LogP contribution in [0.15, 0.2) is 41.3 Å². The van der Waals surface area contributed by atoms with Gasteiger partial charge in [0.2, 0.25) is 10.0 Å². The monoisotopic (exact) mass is 450 g/mol. The Morgan fingerprint density at radius 1 is 1.10 bits per heavy atom. The summed E-state index contributed by atoms with van der Waals surface area (Å²) in [5.74, 6) is -1.29. The van der Waals surface area contributed by atoms with Crippen molar-refractivity contribution < 1.29 is 22.7 Å². The van der Waals surface area contributed by atoms with E-state index in [-0.39, 0.29) is 15.5 Å². The number of benzene rings is 2. The summed E-state index contributed by atoms with van der Waals surface area (Å²) in [5, 5.41) is 2.76. The molecule has 0 atom stereocenters. The first-order chi connectivity index (χ1) is 14.2. The van der Waals surface area contributed by atoms with Crippen molar-refractivity contribution in [3.8, 4) is 0 Å². The van der Waals surface area contributed by atoms with Crippen LogP contribution in [0.2, 0.25) is 5.02 Å². The molecule has 160 valence electrons. The Bertz CT molecular complexity index is 1060. The van der Waals surface area contributed by atoms with E-state index in [2.05, 4.69) is 5.32 Å². The molecule has 7 nitrogen and oxygen atoms in total. The fraction of sp³-hybridized carbons (Fsp3) is 0.333. The van der Waals surface area contributed by atoms with Gasteiger partial charge in [0, 0.05) is 18.8 Å².